The first-order valence-electron chi connectivity index (χ1n) is 9.82. The van der Waals surface area contributed by atoms with Gasteiger partial charge in [-0.25, -0.2) is 4.57 Å². The van der Waals surface area contributed by atoms with E-state index < -0.39 is 7.82 Å². The van der Waals surface area contributed by atoms with Crippen LogP contribution in [0.3, 0.4) is 0 Å². The van der Waals surface area contributed by atoms with Crippen LogP contribution in [0.2, 0.25) is 0 Å². The van der Waals surface area contributed by atoms with Crippen molar-refractivity contribution in [3.05, 3.63) is 23.3 Å². The molecule has 2 aliphatic heterocycles. The van der Waals surface area contributed by atoms with E-state index in [-0.39, 0.29) is 17.7 Å². The molecular formula is C19H30N3O5P. The Bertz CT molecular complexity index is 773. The highest BCUT2D eigenvalue weighted by atomic mass is 31.2. The van der Waals surface area contributed by atoms with E-state index in [9.17, 15) is 19.1 Å². The van der Waals surface area contributed by atoms with Gasteiger partial charge in [0.15, 0.2) is 5.75 Å². The van der Waals surface area contributed by atoms with Crippen molar-refractivity contribution in [3.8, 4) is 5.75 Å². The number of phosphoric ester groups is 1. The SMILES string of the molecule is CCc1cc(OP(=O)(O)O)c(N2CCN(C(=O)[C@@H]3CCCN3C)CC2)cc1C. The summed E-state index contributed by atoms with van der Waals surface area (Å²) in [7, 11) is -2.66. The van der Waals surface area contributed by atoms with Crippen molar-refractivity contribution < 1.29 is 23.7 Å². The Morgan fingerprint density at radius 3 is 2.43 bits per heavy atom. The third-order valence-electron chi connectivity index (χ3n) is 5.75. The maximum atomic E-state index is 12.8. The number of rotatable bonds is 5. The molecule has 2 heterocycles. The number of carbonyl (C=O) groups is 1. The molecule has 2 saturated heterocycles. The summed E-state index contributed by atoms with van der Waals surface area (Å²) in [5, 5.41) is 0. The van der Waals surface area contributed by atoms with Crippen LogP contribution in [-0.4, -0.2) is 71.3 Å². The molecule has 156 valence electrons. The molecule has 0 unspecified atom stereocenters. The molecule has 0 bridgehead atoms. The van der Waals surface area contributed by atoms with Gasteiger partial charge in [0, 0.05) is 26.2 Å². The first-order valence-corrected chi connectivity index (χ1v) is 11.3. The molecule has 1 aromatic carbocycles. The number of likely N-dealkylation sites (tertiary alicyclic amines) is 1. The lowest BCUT2D eigenvalue weighted by atomic mass is 10.0. The second kappa shape index (κ2) is 8.41. The standard InChI is InChI=1S/C19H30N3O5P/c1-4-15-13-18(27-28(24,25)26)17(12-14(15)2)21-8-10-22(11-9-21)19(23)16-6-5-7-20(16)3/h12-13,16H,4-11H2,1-3H3,(H2,24,25,26)/t16-/m0/s1. The monoisotopic (exact) mass is 411 g/mol. The largest absolute Gasteiger partial charge is 0.524 e. The van der Waals surface area contributed by atoms with Gasteiger partial charge in [0.2, 0.25) is 5.91 Å². The van der Waals surface area contributed by atoms with Crippen molar-refractivity contribution in [1.29, 1.82) is 0 Å². The van der Waals surface area contributed by atoms with Gasteiger partial charge in [0.25, 0.3) is 0 Å². The van der Waals surface area contributed by atoms with Crippen LogP contribution < -0.4 is 9.42 Å². The number of piperazine rings is 1. The summed E-state index contributed by atoms with van der Waals surface area (Å²) in [6, 6.07) is 3.62. The Hall–Kier alpha value is -1.60. The lowest BCUT2D eigenvalue weighted by molar-refractivity contribution is -0.135. The van der Waals surface area contributed by atoms with Crippen molar-refractivity contribution in [2.45, 2.75) is 39.2 Å². The molecule has 0 radical (unpaired) electrons. The fourth-order valence-electron chi connectivity index (χ4n) is 4.14. The van der Waals surface area contributed by atoms with E-state index in [0.29, 0.717) is 31.9 Å². The Morgan fingerprint density at radius 1 is 1.21 bits per heavy atom. The van der Waals surface area contributed by atoms with Gasteiger partial charge >= 0.3 is 7.82 Å². The molecule has 1 aromatic rings. The van der Waals surface area contributed by atoms with Crippen molar-refractivity contribution >= 4 is 19.4 Å². The van der Waals surface area contributed by atoms with Crippen LogP contribution in [0.5, 0.6) is 5.75 Å². The number of likely N-dealkylation sites (N-methyl/N-ethyl adjacent to an activating group) is 1. The van der Waals surface area contributed by atoms with Gasteiger partial charge < -0.3 is 14.3 Å². The number of hydrogen-bond acceptors (Lipinski definition) is 5. The lowest BCUT2D eigenvalue weighted by Gasteiger charge is -2.38. The molecular weight excluding hydrogens is 381 g/mol. The maximum absolute atomic E-state index is 12.8. The normalized spacial score (nSPS) is 21.2. The van der Waals surface area contributed by atoms with Crippen molar-refractivity contribution in [1.82, 2.24) is 9.80 Å². The van der Waals surface area contributed by atoms with Crippen molar-refractivity contribution in [2.75, 3.05) is 44.7 Å². The van der Waals surface area contributed by atoms with Crippen LogP contribution in [0.15, 0.2) is 12.1 Å². The fourth-order valence-corrected chi connectivity index (χ4v) is 4.55. The number of nitrogens with zero attached hydrogens (tertiary/aromatic N) is 3. The Kier molecular flexibility index (Phi) is 6.34. The highest BCUT2D eigenvalue weighted by Gasteiger charge is 2.33. The average molecular weight is 411 g/mol. The molecule has 3 rings (SSSR count). The van der Waals surface area contributed by atoms with E-state index in [1.165, 1.54) is 0 Å². The summed E-state index contributed by atoms with van der Waals surface area (Å²) in [5.41, 5.74) is 2.72. The molecule has 28 heavy (non-hydrogen) atoms. The predicted molar refractivity (Wildman–Crippen MR) is 108 cm³/mol. The zero-order valence-corrected chi connectivity index (χ0v) is 17.7. The zero-order chi connectivity index (χ0) is 20.5. The first-order chi connectivity index (χ1) is 13.2. The van der Waals surface area contributed by atoms with Crippen LogP contribution in [0.25, 0.3) is 0 Å². The molecule has 9 heteroatoms. The van der Waals surface area contributed by atoms with Gasteiger partial charge in [-0.1, -0.05) is 6.92 Å². The number of anilines is 1. The maximum Gasteiger partial charge on any atom is 0.524 e. The number of benzene rings is 1. The second-order valence-corrected chi connectivity index (χ2v) is 8.80. The number of carbonyl (C=O) groups excluding carboxylic acids is 1. The molecule has 2 fully saturated rings. The summed E-state index contributed by atoms with van der Waals surface area (Å²) in [6.45, 7) is 7.32. The molecule has 0 saturated carbocycles. The minimum Gasteiger partial charge on any atom is -0.402 e. The summed E-state index contributed by atoms with van der Waals surface area (Å²) in [5.74, 6) is 0.384. The average Bonchev–Trinajstić information content (AvgIpc) is 3.07. The topological polar surface area (TPSA) is 93.5 Å². The van der Waals surface area contributed by atoms with Crippen molar-refractivity contribution in [2.24, 2.45) is 0 Å². The van der Waals surface area contributed by atoms with Gasteiger partial charge in [0.05, 0.1) is 11.7 Å². The number of hydrogen-bond donors (Lipinski definition) is 2. The van der Waals surface area contributed by atoms with Crippen molar-refractivity contribution in [3.63, 3.8) is 0 Å². The third-order valence-corrected chi connectivity index (χ3v) is 6.19. The molecule has 8 nitrogen and oxygen atoms in total. The number of aryl methyl sites for hydroxylation is 2. The molecule has 2 N–H and O–H groups in total. The summed E-state index contributed by atoms with van der Waals surface area (Å²) in [6.07, 6.45) is 2.72. The Morgan fingerprint density at radius 2 is 1.89 bits per heavy atom. The van der Waals surface area contributed by atoms with Gasteiger partial charge in [-0.3, -0.25) is 19.5 Å². The summed E-state index contributed by atoms with van der Waals surface area (Å²) in [4.78, 5) is 37.4. The third kappa shape index (κ3) is 4.69. The van der Waals surface area contributed by atoms with Gasteiger partial charge in [0.1, 0.15) is 0 Å². The first kappa shape index (κ1) is 21.1. The molecule has 1 atom stereocenters. The van der Waals surface area contributed by atoms with Crippen LogP contribution in [-0.2, 0) is 15.8 Å². The van der Waals surface area contributed by atoms with Crippen LogP contribution >= 0.6 is 7.82 Å². The summed E-state index contributed by atoms with van der Waals surface area (Å²) >= 11 is 0. The van der Waals surface area contributed by atoms with E-state index >= 15 is 0 Å². The smallest absolute Gasteiger partial charge is 0.402 e. The van der Waals surface area contributed by atoms with E-state index in [4.69, 9.17) is 4.52 Å². The Balaban J connectivity index is 1.75. The molecule has 2 aliphatic rings. The summed E-state index contributed by atoms with van der Waals surface area (Å²) < 4.78 is 16.4. The van der Waals surface area contributed by atoms with E-state index in [2.05, 4.69) is 4.90 Å². The van der Waals surface area contributed by atoms with Gasteiger partial charge in [-0.2, -0.15) is 0 Å². The highest BCUT2D eigenvalue weighted by molar-refractivity contribution is 7.46. The fraction of sp³-hybridized carbons (Fsp3) is 0.632. The minimum absolute atomic E-state index is 0.0221. The van der Waals surface area contributed by atoms with Gasteiger partial charge in [-0.05, 0) is 63.0 Å². The van der Waals surface area contributed by atoms with Crippen LogP contribution in [0.4, 0.5) is 5.69 Å². The quantitative estimate of drug-likeness (QED) is 0.714. The van der Waals surface area contributed by atoms with Crippen LogP contribution in [0.1, 0.15) is 30.9 Å². The minimum atomic E-state index is -4.66. The van der Waals surface area contributed by atoms with Crippen LogP contribution in [0, 0.1) is 6.92 Å². The van der Waals surface area contributed by atoms with E-state index in [1.807, 2.05) is 36.8 Å². The van der Waals surface area contributed by atoms with Gasteiger partial charge in [-0.15, -0.1) is 0 Å². The molecule has 1 amide bonds. The zero-order valence-electron chi connectivity index (χ0n) is 16.8. The lowest BCUT2D eigenvalue weighted by Crippen LogP contribution is -2.53. The van der Waals surface area contributed by atoms with E-state index in [0.717, 1.165) is 36.9 Å². The second-order valence-electron chi connectivity index (χ2n) is 7.63. The predicted octanol–water partition coefficient (Wildman–Crippen LogP) is 1.77. The Labute approximate surface area is 166 Å². The molecule has 0 spiro atoms. The highest BCUT2D eigenvalue weighted by Crippen LogP contribution is 2.43. The molecule has 0 aromatic heterocycles. The number of phosphoric acid groups is 1. The number of amides is 1. The van der Waals surface area contributed by atoms with E-state index in [1.54, 1.807) is 6.07 Å². The molecule has 0 aliphatic carbocycles.